The molecule has 0 saturated carbocycles. The first-order valence-electron chi connectivity index (χ1n) is 8.82. The topological polar surface area (TPSA) is 53.5 Å². The lowest BCUT2D eigenvalue weighted by Gasteiger charge is -2.39. The number of hydrogen-bond donors (Lipinski definition) is 2. The Morgan fingerprint density at radius 1 is 1.36 bits per heavy atom. The van der Waals surface area contributed by atoms with Gasteiger partial charge in [0.1, 0.15) is 0 Å². The molecule has 3 heterocycles. The Kier molecular flexibility index (Phi) is 7.44. The van der Waals surface area contributed by atoms with E-state index < -0.39 is 0 Å². The maximum atomic E-state index is 12.8. The molecule has 4 aliphatic rings. The van der Waals surface area contributed by atoms with E-state index >= 15 is 0 Å². The van der Waals surface area contributed by atoms with Crippen LogP contribution in [0.15, 0.2) is 28.9 Å². The monoisotopic (exact) mass is 403 g/mol. The van der Waals surface area contributed by atoms with E-state index in [0.717, 1.165) is 38.2 Å². The lowest BCUT2D eigenvalue weighted by molar-refractivity contribution is -0.126. The lowest BCUT2D eigenvalue weighted by atomic mass is 9.73. The van der Waals surface area contributed by atoms with E-state index in [1.54, 1.807) is 0 Å². The number of carbonyl (C=O) groups excluding carboxylic acids is 1. The number of piperidine rings is 1. The highest BCUT2D eigenvalue weighted by Crippen LogP contribution is 2.56. The minimum atomic E-state index is 0. The zero-order valence-corrected chi connectivity index (χ0v) is 16.7. The van der Waals surface area contributed by atoms with Crippen LogP contribution in [-0.4, -0.2) is 42.3 Å². The Morgan fingerprint density at radius 3 is 2.96 bits per heavy atom. The molecule has 0 bridgehead atoms. The molecule has 2 fully saturated rings. The van der Waals surface area contributed by atoms with Gasteiger partial charge < -0.3 is 10.6 Å². The molecule has 2 N–H and O–H groups in total. The first-order valence-corrected chi connectivity index (χ1v) is 9.80. The van der Waals surface area contributed by atoms with Crippen molar-refractivity contribution in [2.75, 3.05) is 25.4 Å². The van der Waals surface area contributed by atoms with Crippen LogP contribution in [0.5, 0.6) is 0 Å². The van der Waals surface area contributed by atoms with Gasteiger partial charge in [0.2, 0.25) is 5.91 Å². The third-order valence-electron chi connectivity index (χ3n) is 5.80. The first kappa shape index (κ1) is 20.8. The summed E-state index contributed by atoms with van der Waals surface area (Å²) in [5.41, 5.74) is 1.18. The molecule has 7 heteroatoms. The second-order valence-electron chi connectivity index (χ2n) is 7.08. The number of nitrogens with one attached hydrogen (secondary N) is 2. The van der Waals surface area contributed by atoms with Crippen LogP contribution < -0.4 is 10.6 Å². The van der Waals surface area contributed by atoms with Gasteiger partial charge in [0.15, 0.2) is 0 Å². The summed E-state index contributed by atoms with van der Waals surface area (Å²) in [4.78, 5) is 17.4. The first-order chi connectivity index (χ1) is 11.3. The molecule has 1 spiro atoms. The fourth-order valence-corrected chi connectivity index (χ4v) is 6.22. The van der Waals surface area contributed by atoms with Crippen LogP contribution >= 0.6 is 36.6 Å². The zero-order chi connectivity index (χ0) is 15.7. The molecular formula is C18H27Cl2N3OS. The van der Waals surface area contributed by atoms with E-state index in [-0.39, 0.29) is 41.4 Å². The van der Waals surface area contributed by atoms with E-state index in [2.05, 4.69) is 33.9 Å². The summed E-state index contributed by atoms with van der Waals surface area (Å²) < 4.78 is 0.0558. The van der Waals surface area contributed by atoms with E-state index in [4.69, 9.17) is 0 Å². The Morgan fingerprint density at radius 2 is 2.16 bits per heavy atom. The maximum Gasteiger partial charge on any atom is 0.224 e. The second kappa shape index (κ2) is 8.94. The molecule has 1 aliphatic carbocycles. The smallest absolute Gasteiger partial charge is 0.224 e. The summed E-state index contributed by atoms with van der Waals surface area (Å²) in [6, 6.07) is 0. The third-order valence-corrected chi connectivity index (χ3v) is 7.52. The highest BCUT2D eigenvalue weighted by molar-refractivity contribution is 8.01. The van der Waals surface area contributed by atoms with Gasteiger partial charge in [0.05, 0.1) is 16.4 Å². The molecule has 0 radical (unpaired) electrons. The van der Waals surface area contributed by atoms with Crippen LogP contribution in [0.4, 0.5) is 0 Å². The molecule has 25 heavy (non-hydrogen) atoms. The van der Waals surface area contributed by atoms with Crippen molar-refractivity contribution < 1.29 is 4.79 Å². The lowest BCUT2D eigenvalue weighted by Crippen LogP contribution is -2.44. The number of halogens is 2. The van der Waals surface area contributed by atoms with Crippen molar-refractivity contribution in [1.29, 1.82) is 0 Å². The SMILES string of the molecule is Cl.Cl.O=C(NCC1CCNCC1)C1CSC23CC=CC=C2N=CCC13. The quantitative estimate of drug-likeness (QED) is 0.761. The Labute approximate surface area is 166 Å². The fourth-order valence-electron chi connectivity index (χ4n) is 4.40. The Balaban J connectivity index is 0.00000113. The zero-order valence-electron chi connectivity index (χ0n) is 14.3. The van der Waals surface area contributed by atoms with Crippen LogP contribution in [0.25, 0.3) is 0 Å². The molecule has 3 aliphatic heterocycles. The van der Waals surface area contributed by atoms with E-state index in [0.29, 0.717) is 11.8 Å². The molecular weight excluding hydrogens is 377 g/mol. The van der Waals surface area contributed by atoms with Gasteiger partial charge >= 0.3 is 0 Å². The van der Waals surface area contributed by atoms with Gasteiger partial charge in [-0.3, -0.25) is 9.79 Å². The van der Waals surface area contributed by atoms with Crippen molar-refractivity contribution in [3.05, 3.63) is 23.9 Å². The number of amides is 1. The van der Waals surface area contributed by atoms with Gasteiger partial charge in [-0.1, -0.05) is 12.2 Å². The molecule has 4 rings (SSSR count). The fraction of sp³-hybridized carbons (Fsp3) is 0.667. The molecule has 1 amide bonds. The van der Waals surface area contributed by atoms with Crippen molar-refractivity contribution >= 4 is 48.7 Å². The van der Waals surface area contributed by atoms with Crippen LogP contribution in [0.3, 0.4) is 0 Å². The van der Waals surface area contributed by atoms with Crippen molar-refractivity contribution in [3.8, 4) is 0 Å². The van der Waals surface area contributed by atoms with Crippen LogP contribution in [-0.2, 0) is 4.79 Å². The Hall–Kier alpha value is -0.490. The predicted molar refractivity (Wildman–Crippen MR) is 110 cm³/mol. The summed E-state index contributed by atoms with van der Waals surface area (Å²) in [6.07, 6.45) is 12.8. The largest absolute Gasteiger partial charge is 0.356 e. The predicted octanol–water partition coefficient (Wildman–Crippen LogP) is 2.98. The van der Waals surface area contributed by atoms with Gasteiger partial charge in [-0.05, 0) is 56.7 Å². The van der Waals surface area contributed by atoms with E-state index in [9.17, 15) is 4.79 Å². The van der Waals surface area contributed by atoms with E-state index in [1.807, 2.05) is 18.0 Å². The molecule has 3 unspecified atom stereocenters. The number of nitrogens with zero attached hydrogens (tertiary/aromatic N) is 1. The minimum Gasteiger partial charge on any atom is -0.356 e. The van der Waals surface area contributed by atoms with Crippen LogP contribution in [0.2, 0.25) is 0 Å². The molecule has 4 nitrogen and oxygen atoms in total. The normalized spacial score (nSPS) is 33.4. The summed E-state index contributed by atoms with van der Waals surface area (Å²) in [7, 11) is 0. The van der Waals surface area contributed by atoms with E-state index in [1.165, 1.54) is 18.5 Å². The van der Waals surface area contributed by atoms with Crippen LogP contribution in [0.1, 0.15) is 25.7 Å². The molecule has 0 aromatic rings. The maximum absolute atomic E-state index is 12.8. The summed E-state index contributed by atoms with van der Waals surface area (Å²) in [5.74, 6) is 2.36. The number of carbonyl (C=O) groups is 1. The van der Waals surface area contributed by atoms with Gasteiger partial charge in [0.25, 0.3) is 0 Å². The van der Waals surface area contributed by atoms with Gasteiger partial charge in [-0.25, -0.2) is 0 Å². The molecule has 0 aromatic carbocycles. The standard InChI is InChI=1S/C18H25N3OS.2ClH/c22-17(21-11-13-4-8-19-9-5-13)14-12-23-18-7-2-1-3-16(18)20-10-6-15(14)18;;/h1-3,10,13-15,19H,4-9,11-12H2,(H,21,22);2*1H. The molecule has 0 aromatic heterocycles. The molecule has 2 saturated heterocycles. The van der Waals surface area contributed by atoms with Crippen molar-refractivity contribution in [3.63, 3.8) is 0 Å². The summed E-state index contributed by atoms with van der Waals surface area (Å²) in [6.45, 7) is 3.02. The average Bonchev–Trinajstić information content (AvgIpc) is 2.98. The number of hydrogen-bond acceptors (Lipinski definition) is 4. The van der Waals surface area contributed by atoms with Crippen molar-refractivity contribution in [1.82, 2.24) is 10.6 Å². The summed E-state index contributed by atoms with van der Waals surface area (Å²) >= 11 is 1.95. The highest BCUT2D eigenvalue weighted by atomic mass is 35.5. The van der Waals surface area contributed by atoms with Gasteiger partial charge in [-0.15, -0.1) is 36.6 Å². The Bertz CT molecular complexity index is 575. The average molecular weight is 404 g/mol. The van der Waals surface area contributed by atoms with Crippen molar-refractivity contribution in [2.45, 2.75) is 30.4 Å². The minimum absolute atomic E-state index is 0. The number of aliphatic imine (C=N–C) groups is 1. The highest BCUT2D eigenvalue weighted by Gasteiger charge is 2.54. The summed E-state index contributed by atoms with van der Waals surface area (Å²) in [5, 5.41) is 6.64. The number of allylic oxidation sites excluding steroid dienone is 3. The van der Waals surface area contributed by atoms with Crippen molar-refractivity contribution in [2.24, 2.45) is 22.7 Å². The van der Waals surface area contributed by atoms with Crippen LogP contribution in [0, 0.1) is 17.8 Å². The molecule has 3 atom stereocenters. The second-order valence-corrected chi connectivity index (χ2v) is 8.43. The third kappa shape index (κ3) is 3.95. The number of rotatable bonds is 3. The van der Waals surface area contributed by atoms with Gasteiger partial charge in [-0.2, -0.15) is 0 Å². The van der Waals surface area contributed by atoms with Gasteiger partial charge in [0, 0.05) is 18.5 Å². The number of thioether (sulfide) groups is 1. The molecule has 140 valence electrons.